The molecule has 10 heteroatoms. The predicted molar refractivity (Wildman–Crippen MR) is 107 cm³/mol. The number of carboxylic acid groups (broad SMARTS) is 1. The molecule has 0 saturated carbocycles. The lowest BCUT2D eigenvalue weighted by atomic mass is 9.85. The fourth-order valence-corrected chi connectivity index (χ4v) is 4.09. The summed E-state index contributed by atoms with van der Waals surface area (Å²) in [6, 6.07) is 11.4. The first-order chi connectivity index (χ1) is 14.7. The molecule has 2 aromatic rings. The van der Waals surface area contributed by atoms with Crippen molar-refractivity contribution in [2.75, 3.05) is 24.5 Å². The number of aliphatic carboxylic acids is 1. The Morgan fingerprint density at radius 3 is 2.06 bits per heavy atom. The highest BCUT2D eigenvalue weighted by Gasteiger charge is 2.45. The van der Waals surface area contributed by atoms with Crippen LogP contribution in [-0.4, -0.2) is 63.2 Å². The normalized spacial score (nSPS) is 17.8. The lowest BCUT2D eigenvalue weighted by Gasteiger charge is -2.45. The third kappa shape index (κ3) is 5.31. The molecule has 1 amide bonds. The van der Waals surface area contributed by atoms with Crippen LogP contribution < -0.4 is 4.90 Å². The summed E-state index contributed by atoms with van der Waals surface area (Å²) >= 11 is 0. The highest BCUT2D eigenvalue weighted by Crippen LogP contribution is 2.40. The van der Waals surface area contributed by atoms with Gasteiger partial charge < -0.3 is 14.9 Å². The van der Waals surface area contributed by atoms with Gasteiger partial charge in [-0.05, 0) is 43.9 Å². The Morgan fingerprint density at radius 2 is 1.52 bits per heavy atom. The molecule has 0 unspecified atom stereocenters. The molecular formula is C21H23F3N4O3. The Bertz CT molecular complexity index is 886. The molecule has 1 aromatic heterocycles. The van der Waals surface area contributed by atoms with Crippen LogP contribution >= 0.6 is 0 Å². The highest BCUT2D eigenvalue weighted by molar-refractivity contribution is 5.94. The maximum atomic E-state index is 12.6. The van der Waals surface area contributed by atoms with E-state index in [0.29, 0.717) is 0 Å². The van der Waals surface area contributed by atoms with Crippen LogP contribution in [0.1, 0.15) is 36.0 Å². The molecular weight excluding hydrogens is 413 g/mol. The molecule has 1 spiro atoms. The molecule has 1 N–H and O–H groups in total. The molecule has 7 nitrogen and oxygen atoms in total. The number of piperidine rings is 1. The monoisotopic (exact) mass is 436 g/mol. The maximum absolute atomic E-state index is 12.6. The predicted octanol–water partition coefficient (Wildman–Crippen LogP) is 3.39. The van der Waals surface area contributed by atoms with Crippen LogP contribution in [0, 0.1) is 0 Å². The first kappa shape index (κ1) is 22.5. The van der Waals surface area contributed by atoms with Crippen molar-refractivity contribution >= 4 is 17.8 Å². The number of carbonyl (C=O) groups is 2. The van der Waals surface area contributed by atoms with Crippen LogP contribution in [0.5, 0.6) is 0 Å². The van der Waals surface area contributed by atoms with Gasteiger partial charge in [0.2, 0.25) is 5.95 Å². The number of halogens is 3. The largest absolute Gasteiger partial charge is 0.490 e. The van der Waals surface area contributed by atoms with Crippen molar-refractivity contribution < 1.29 is 27.9 Å². The number of aromatic nitrogens is 2. The van der Waals surface area contributed by atoms with Gasteiger partial charge in [-0.2, -0.15) is 13.2 Å². The van der Waals surface area contributed by atoms with Gasteiger partial charge in [0, 0.05) is 43.1 Å². The summed E-state index contributed by atoms with van der Waals surface area (Å²) in [5.74, 6) is -1.78. The highest BCUT2D eigenvalue weighted by atomic mass is 19.4. The summed E-state index contributed by atoms with van der Waals surface area (Å²) in [6.07, 6.45) is 2.85. The molecule has 4 rings (SSSR count). The van der Waals surface area contributed by atoms with Gasteiger partial charge in [0.05, 0.1) is 0 Å². The van der Waals surface area contributed by atoms with Gasteiger partial charge >= 0.3 is 12.1 Å². The Balaban J connectivity index is 0.000000339. The number of rotatable bonds is 2. The summed E-state index contributed by atoms with van der Waals surface area (Å²) < 4.78 is 31.7. The smallest absolute Gasteiger partial charge is 0.475 e. The van der Waals surface area contributed by atoms with Crippen LogP contribution in [0.4, 0.5) is 19.1 Å². The molecule has 1 aromatic carbocycles. The third-order valence-corrected chi connectivity index (χ3v) is 5.63. The first-order valence-corrected chi connectivity index (χ1v) is 9.92. The van der Waals surface area contributed by atoms with Crippen molar-refractivity contribution in [3.8, 4) is 0 Å². The van der Waals surface area contributed by atoms with Gasteiger partial charge in [0.15, 0.2) is 0 Å². The Kier molecular flexibility index (Phi) is 6.77. The Hall–Kier alpha value is -3.17. The van der Waals surface area contributed by atoms with Gasteiger partial charge in [0.1, 0.15) is 0 Å². The zero-order chi connectivity index (χ0) is 22.5. The molecule has 0 radical (unpaired) electrons. The SMILES string of the molecule is O=C(O)C(F)(F)F.O=C(c1ccccc1)N1CCC2(CCCN2c2ncccn2)CC1. The molecule has 2 saturated heterocycles. The fourth-order valence-electron chi connectivity index (χ4n) is 4.09. The van der Waals surface area contributed by atoms with Crippen molar-refractivity contribution in [2.24, 2.45) is 0 Å². The van der Waals surface area contributed by atoms with Crippen LogP contribution in [0.2, 0.25) is 0 Å². The van der Waals surface area contributed by atoms with Crippen molar-refractivity contribution in [3.05, 3.63) is 54.4 Å². The first-order valence-electron chi connectivity index (χ1n) is 9.92. The van der Waals surface area contributed by atoms with E-state index in [-0.39, 0.29) is 11.4 Å². The van der Waals surface area contributed by atoms with Crippen molar-refractivity contribution in [1.82, 2.24) is 14.9 Å². The zero-order valence-corrected chi connectivity index (χ0v) is 16.8. The number of carbonyl (C=O) groups excluding carboxylic acids is 1. The van der Waals surface area contributed by atoms with E-state index in [2.05, 4.69) is 14.9 Å². The summed E-state index contributed by atoms with van der Waals surface area (Å²) in [6.45, 7) is 2.62. The number of carboxylic acids is 1. The second-order valence-corrected chi connectivity index (χ2v) is 7.49. The molecule has 0 atom stereocenters. The van der Waals surface area contributed by atoms with Crippen molar-refractivity contribution in [1.29, 1.82) is 0 Å². The van der Waals surface area contributed by atoms with E-state index in [1.165, 1.54) is 12.8 Å². The standard InChI is InChI=1S/C19H22N4O.C2HF3O2/c24-17(16-6-2-1-3-7-16)22-14-9-19(10-15-22)8-4-13-23(19)18-20-11-5-12-21-18;3-2(4,5)1(6)7/h1-3,5-7,11-12H,4,8-10,13-15H2;(H,6,7). The van der Waals surface area contributed by atoms with Gasteiger partial charge in [-0.1, -0.05) is 18.2 Å². The molecule has 2 aliphatic heterocycles. The third-order valence-electron chi connectivity index (χ3n) is 5.63. The maximum Gasteiger partial charge on any atom is 0.490 e. The second kappa shape index (κ2) is 9.32. The number of alkyl halides is 3. The fraction of sp³-hybridized carbons (Fsp3) is 0.429. The minimum atomic E-state index is -5.08. The van der Waals surface area contributed by atoms with Gasteiger partial charge in [-0.3, -0.25) is 4.79 Å². The van der Waals surface area contributed by atoms with E-state index in [1.54, 1.807) is 0 Å². The van der Waals surface area contributed by atoms with E-state index in [1.807, 2.05) is 53.7 Å². The van der Waals surface area contributed by atoms with Gasteiger partial charge in [-0.15, -0.1) is 0 Å². The van der Waals surface area contributed by atoms with Crippen molar-refractivity contribution in [3.63, 3.8) is 0 Å². The lowest BCUT2D eigenvalue weighted by molar-refractivity contribution is -0.192. The number of hydrogen-bond acceptors (Lipinski definition) is 5. The molecule has 0 bridgehead atoms. The van der Waals surface area contributed by atoms with E-state index in [9.17, 15) is 18.0 Å². The van der Waals surface area contributed by atoms with Gasteiger partial charge in [-0.25, -0.2) is 14.8 Å². The van der Waals surface area contributed by atoms with Crippen LogP contribution in [-0.2, 0) is 4.79 Å². The molecule has 0 aliphatic carbocycles. The Labute approximate surface area is 177 Å². The second-order valence-electron chi connectivity index (χ2n) is 7.49. The number of anilines is 1. The average molecular weight is 436 g/mol. The van der Waals surface area contributed by atoms with E-state index >= 15 is 0 Å². The zero-order valence-electron chi connectivity index (χ0n) is 16.8. The summed E-state index contributed by atoms with van der Waals surface area (Å²) in [7, 11) is 0. The number of amides is 1. The van der Waals surface area contributed by atoms with Crippen LogP contribution in [0.25, 0.3) is 0 Å². The van der Waals surface area contributed by atoms with E-state index in [4.69, 9.17) is 9.90 Å². The number of nitrogens with zero attached hydrogens (tertiary/aromatic N) is 4. The lowest BCUT2D eigenvalue weighted by Crippen LogP contribution is -2.53. The quantitative estimate of drug-likeness (QED) is 0.777. The summed E-state index contributed by atoms with van der Waals surface area (Å²) in [5, 5.41) is 7.12. The Morgan fingerprint density at radius 1 is 0.935 bits per heavy atom. The number of benzene rings is 1. The van der Waals surface area contributed by atoms with Crippen LogP contribution in [0.15, 0.2) is 48.8 Å². The van der Waals surface area contributed by atoms with Crippen molar-refractivity contribution in [2.45, 2.75) is 37.4 Å². The summed E-state index contributed by atoms with van der Waals surface area (Å²) in [5.41, 5.74) is 0.901. The molecule has 2 aliphatic rings. The summed E-state index contributed by atoms with van der Waals surface area (Å²) in [4.78, 5) is 34.8. The minimum absolute atomic E-state index is 0.120. The average Bonchev–Trinajstić information content (AvgIpc) is 3.18. The van der Waals surface area contributed by atoms with Crippen LogP contribution in [0.3, 0.4) is 0 Å². The number of likely N-dealkylation sites (tertiary alicyclic amines) is 1. The number of hydrogen-bond donors (Lipinski definition) is 1. The molecule has 31 heavy (non-hydrogen) atoms. The molecule has 166 valence electrons. The minimum Gasteiger partial charge on any atom is -0.475 e. The molecule has 2 fully saturated rings. The molecule has 3 heterocycles. The van der Waals surface area contributed by atoms with E-state index in [0.717, 1.165) is 44.0 Å². The van der Waals surface area contributed by atoms with Gasteiger partial charge in [0.25, 0.3) is 5.91 Å². The topological polar surface area (TPSA) is 86.6 Å². The van der Waals surface area contributed by atoms with E-state index < -0.39 is 12.1 Å².